The van der Waals surface area contributed by atoms with Crippen LogP contribution in [0.4, 0.5) is 16.6 Å². The second-order valence-corrected chi connectivity index (χ2v) is 6.60. The highest BCUT2D eigenvalue weighted by molar-refractivity contribution is 5.67. The molecule has 2 aromatic rings. The van der Waals surface area contributed by atoms with E-state index >= 15 is 0 Å². The lowest BCUT2D eigenvalue weighted by Gasteiger charge is -2.31. The number of nitrogens with two attached hydrogens (primary N) is 1. The van der Waals surface area contributed by atoms with Crippen LogP contribution in [-0.2, 0) is 11.3 Å². The van der Waals surface area contributed by atoms with E-state index in [0.29, 0.717) is 25.6 Å². The van der Waals surface area contributed by atoms with Crippen LogP contribution in [0.5, 0.6) is 0 Å². The predicted octanol–water partition coefficient (Wildman–Crippen LogP) is 2.83. The number of piperidine rings is 1. The second-order valence-electron chi connectivity index (χ2n) is 6.60. The molecule has 26 heavy (non-hydrogen) atoms. The number of carbonyl (C=O) groups excluding carboxylic acids is 1. The van der Waals surface area contributed by atoms with Crippen LogP contribution in [0.1, 0.15) is 24.1 Å². The van der Waals surface area contributed by atoms with Crippen LogP contribution in [0.15, 0.2) is 36.4 Å². The summed E-state index contributed by atoms with van der Waals surface area (Å²) in [5, 5.41) is 3.32. The summed E-state index contributed by atoms with van der Waals surface area (Å²) < 4.78 is 5.40. The monoisotopic (exact) mass is 355 g/mol. The third-order valence-electron chi connectivity index (χ3n) is 4.52. The minimum absolute atomic E-state index is 0.237. The van der Waals surface area contributed by atoms with Gasteiger partial charge in [0.1, 0.15) is 12.4 Å². The van der Waals surface area contributed by atoms with E-state index in [9.17, 15) is 4.79 Å². The molecule has 3 N–H and O–H groups in total. The van der Waals surface area contributed by atoms with Crippen LogP contribution in [0.3, 0.4) is 0 Å². The standard InChI is InChI=1S/C19H25N5O2/c1-14-11-17(23-18(20)22-14)21-12-15-7-9-24(10-8-15)19(25)26-13-16-5-3-2-4-6-16/h2-6,11,15H,7-10,12-13H2,1H3,(H3,20,21,22,23). The van der Waals surface area contributed by atoms with Gasteiger partial charge in [-0.15, -0.1) is 0 Å². The summed E-state index contributed by atoms with van der Waals surface area (Å²) in [6.07, 6.45) is 1.64. The highest BCUT2D eigenvalue weighted by Gasteiger charge is 2.23. The molecule has 3 rings (SSSR count). The normalized spacial score (nSPS) is 14.9. The van der Waals surface area contributed by atoms with Crippen molar-refractivity contribution in [1.82, 2.24) is 14.9 Å². The van der Waals surface area contributed by atoms with Gasteiger partial charge >= 0.3 is 6.09 Å². The summed E-state index contributed by atoms with van der Waals surface area (Å²) in [6, 6.07) is 11.6. The summed E-state index contributed by atoms with van der Waals surface area (Å²) in [7, 11) is 0. The minimum Gasteiger partial charge on any atom is -0.445 e. The number of anilines is 2. The molecule has 1 aliphatic rings. The number of aryl methyl sites for hydroxylation is 1. The van der Waals surface area contributed by atoms with Gasteiger partial charge in [-0.3, -0.25) is 0 Å². The molecule has 1 amide bonds. The van der Waals surface area contributed by atoms with Crippen molar-refractivity contribution < 1.29 is 9.53 Å². The van der Waals surface area contributed by atoms with Gasteiger partial charge in [0.05, 0.1) is 0 Å². The Kier molecular flexibility index (Phi) is 5.88. The summed E-state index contributed by atoms with van der Waals surface area (Å²) >= 11 is 0. The number of aromatic nitrogens is 2. The first kappa shape index (κ1) is 18.0. The fraction of sp³-hybridized carbons (Fsp3) is 0.421. The zero-order valence-corrected chi connectivity index (χ0v) is 15.0. The van der Waals surface area contributed by atoms with E-state index < -0.39 is 0 Å². The molecule has 1 aliphatic heterocycles. The Morgan fingerprint density at radius 1 is 1.27 bits per heavy atom. The summed E-state index contributed by atoms with van der Waals surface area (Å²) in [5.74, 6) is 1.52. The molecule has 0 radical (unpaired) electrons. The molecule has 7 heteroatoms. The number of nitrogens with zero attached hydrogens (tertiary/aromatic N) is 3. The second kappa shape index (κ2) is 8.51. The highest BCUT2D eigenvalue weighted by Crippen LogP contribution is 2.19. The Morgan fingerprint density at radius 2 is 2.00 bits per heavy atom. The van der Waals surface area contributed by atoms with E-state index in [1.54, 1.807) is 4.90 Å². The van der Waals surface area contributed by atoms with Crippen molar-refractivity contribution in [2.24, 2.45) is 5.92 Å². The first-order chi connectivity index (χ1) is 12.6. The Bertz CT molecular complexity index is 710. The van der Waals surface area contributed by atoms with Gasteiger partial charge in [-0.2, -0.15) is 4.98 Å². The average molecular weight is 355 g/mol. The van der Waals surface area contributed by atoms with Crippen molar-refractivity contribution in [2.45, 2.75) is 26.4 Å². The number of likely N-dealkylation sites (tertiary alicyclic amines) is 1. The Morgan fingerprint density at radius 3 is 2.69 bits per heavy atom. The number of nitrogen functional groups attached to an aromatic ring is 1. The van der Waals surface area contributed by atoms with Crippen molar-refractivity contribution in [2.75, 3.05) is 30.7 Å². The number of benzene rings is 1. The minimum atomic E-state index is -0.237. The van der Waals surface area contributed by atoms with Gasteiger partial charge in [0.15, 0.2) is 0 Å². The molecule has 2 heterocycles. The maximum atomic E-state index is 12.2. The smallest absolute Gasteiger partial charge is 0.410 e. The first-order valence-electron chi connectivity index (χ1n) is 8.91. The fourth-order valence-corrected chi connectivity index (χ4v) is 3.06. The zero-order chi connectivity index (χ0) is 18.4. The molecular weight excluding hydrogens is 330 g/mol. The van der Waals surface area contributed by atoms with E-state index in [1.165, 1.54) is 0 Å². The van der Waals surface area contributed by atoms with Gasteiger partial charge in [0.25, 0.3) is 0 Å². The lowest BCUT2D eigenvalue weighted by molar-refractivity contribution is 0.0832. The van der Waals surface area contributed by atoms with E-state index in [4.69, 9.17) is 10.5 Å². The molecule has 1 aromatic carbocycles. The fourth-order valence-electron chi connectivity index (χ4n) is 3.06. The van der Waals surface area contributed by atoms with Gasteiger partial charge < -0.3 is 20.7 Å². The van der Waals surface area contributed by atoms with E-state index in [0.717, 1.165) is 36.5 Å². The predicted molar refractivity (Wildman–Crippen MR) is 101 cm³/mol. The third-order valence-corrected chi connectivity index (χ3v) is 4.52. The first-order valence-corrected chi connectivity index (χ1v) is 8.91. The maximum Gasteiger partial charge on any atom is 0.410 e. The molecule has 0 saturated carbocycles. The van der Waals surface area contributed by atoms with Gasteiger partial charge in [-0.1, -0.05) is 30.3 Å². The summed E-state index contributed by atoms with van der Waals surface area (Å²) in [4.78, 5) is 22.2. The third kappa shape index (κ3) is 5.08. The summed E-state index contributed by atoms with van der Waals surface area (Å²) in [5.41, 5.74) is 7.51. The number of amides is 1. The Hall–Kier alpha value is -2.83. The number of ether oxygens (including phenoxy) is 1. The van der Waals surface area contributed by atoms with Crippen molar-refractivity contribution in [3.8, 4) is 0 Å². The van der Waals surface area contributed by atoms with Crippen molar-refractivity contribution in [3.63, 3.8) is 0 Å². The number of hydrogen-bond donors (Lipinski definition) is 2. The SMILES string of the molecule is Cc1cc(NCC2CCN(C(=O)OCc3ccccc3)CC2)nc(N)n1. The van der Waals surface area contributed by atoms with Crippen LogP contribution in [0, 0.1) is 12.8 Å². The van der Waals surface area contributed by atoms with Crippen molar-refractivity contribution in [1.29, 1.82) is 0 Å². The van der Waals surface area contributed by atoms with E-state index in [-0.39, 0.29) is 12.0 Å². The molecule has 0 bridgehead atoms. The van der Waals surface area contributed by atoms with Gasteiger partial charge in [-0.05, 0) is 31.2 Å². The Labute approximate surface area is 153 Å². The summed E-state index contributed by atoms with van der Waals surface area (Å²) in [6.45, 7) is 4.44. The molecule has 1 aromatic heterocycles. The molecule has 1 saturated heterocycles. The van der Waals surface area contributed by atoms with Gasteiger partial charge in [0.2, 0.25) is 5.95 Å². The maximum absolute atomic E-state index is 12.2. The number of hydrogen-bond acceptors (Lipinski definition) is 6. The zero-order valence-electron chi connectivity index (χ0n) is 15.0. The Balaban J connectivity index is 1.40. The largest absolute Gasteiger partial charge is 0.445 e. The molecule has 0 spiro atoms. The van der Waals surface area contributed by atoms with Crippen LogP contribution in [0.25, 0.3) is 0 Å². The van der Waals surface area contributed by atoms with Crippen LogP contribution in [-0.4, -0.2) is 40.6 Å². The van der Waals surface area contributed by atoms with Crippen LogP contribution >= 0.6 is 0 Å². The molecule has 7 nitrogen and oxygen atoms in total. The molecule has 0 unspecified atom stereocenters. The number of nitrogens with one attached hydrogen (secondary N) is 1. The molecule has 138 valence electrons. The molecule has 0 atom stereocenters. The van der Waals surface area contributed by atoms with Crippen molar-refractivity contribution >= 4 is 17.9 Å². The average Bonchev–Trinajstić information content (AvgIpc) is 2.65. The lowest BCUT2D eigenvalue weighted by Crippen LogP contribution is -2.40. The number of rotatable bonds is 5. The molecular formula is C19H25N5O2. The van der Waals surface area contributed by atoms with Crippen LogP contribution in [0.2, 0.25) is 0 Å². The highest BCUT2D eigenvalue weighted by atomic mass is 16.6. The van der Waals surface area contributed by atoms with Gasteiger partial charge in [-0.25, -0.2) is 9.78 Å². The van der Waals surface area contributed by atoms with Crippen LogP contribution < -0.4 is 11.1 Å². The molecule has 1 fully saturated rings. The van der Waals surface area contributed by atoms with Crippen molar-refractivity contribution in [3.05, 3.63) is 47.7 Å². The quantitative estimate of drug-likeness (QED) is 0.857. The topological polar surface area (TPSA) is 93.4 Å². The van der Waals surface area contributed by atoms with Gasteiger partial charge in [0, 0.05) is 31.4 Å². The number of carbonyl (C=O) groups is 1. The lowest BCUT2D eigenvalue weighted by atomic mass is 9.97. The van der Waals surface area contributed by atoms with E-state index in [2.05, 4.69) is 15.3 Å². The van der Waals surface area contributed by atoms with E-state index in [1.807, 2.05) is 43.3 Å². The molecule has 0 aliphatic carbocycles.